The number of nitrogen functional groups attached to an aromatic ring is 1. The van der Waals surface area contributed by atoms with Gasteiger partial charge in [-0.25, -0.2) is 0 Å². The molecule has 0 unspecified atom stereocenters. The number of hydrogen-bond donors (Lipinski definition) is 1. The van der Waals surface area contributed by atoms with Gasteiger partial charge < -0.3 is 10.6 Å². The Hall–Kier alpha value is -2.00. The van der Waals surface area contributed by atoms with Gasteiger partial charge in [0.25, 0.3) is 5.91 Å². The topological polar surface area (TPSA) is 46.3 Å². The summed E-state index contributed by atoms with van der Waals surface area (Å²) in [5.41, 5.74) is 8.97. The number of carbonyl (C=O) groups is 1. The standard InChI is InChI=1S/C16H17ClN2O/c1-11-9-14(18)7-8-15(11)16(20)19(2)10-12-3-5-13(17)6-4-12/h3-9H,10,18H2,1-2H3. The SMILES string of the molecule is Cc1cc(N)ccc1C(=O)N(C)Cc1ccc(Cl)cc1. The van der Waals surface area contributed by atoms with Crippen molar-refractivity contribution in [1.82, 2.24) is 4.90 Å². The molecular formula is C16H17ClN2O. The molecule has 4 heteroatoms. The van der Waals surface area contributed by atoms with E-state index in [-0.39, 0.29) is 5.91 Å². The Bertz CT molecular complexity index is 623. The summed E-state index contributed by atoms with van der Waals surface area (Å²) in [5, 5.41) is 0.692. The van der Waals surface area contributed by atoms with E-state index in [1.54, 1.807) is 24.1 Å². The highest BCUT2D eigenvalue weighted by molar-refractivity contribution is 6.30. The second-order valence-corrected chi connectivity index (χ2v) is 5.30. The summed E-state index contributed by atoms with van der Waals surface area (Å²) < 4.78 is 0. The van der Waals surface area contributed by atoms with Gasteiger partial charge in [0.15, 0.2) is 0 Å². The van der Waals surface area contributed by atoms with Crippen molar-refractivity contribution in [2.75, 3.05) is 12.8 Å². The van der Waals surface area contributed by atoms with E-state index in [2.05, 4.69) is 0 Å². The third kappa shape index (κ3) is 3.31. The van der Waals surface area contributed by atoms with Crippen LogP contribution in [-0.4, -0.2) is 17.9 Å². The Morgan fingerprint density at radius 1 is 1.20 bits per heavy atom. The van der Waals surface area contributed by atoms with Gasteiger partial charge in [-0.1, -0.05) is 23.7 Å². The molecular weight excluding hydrogens is 272 g/mol. The first-order valence-electron chi connectivity index (χ1n) is 6.33. The highest BCUT2D eigenvalue weighted by Crippen LogP contribution is 2.16. The molecule has 0 heterocycles. The molecule has 0 aliphatic carbocycles. The Morgan fingerprint density at radius 3 is 2.45 bits per heavy atom. The monoisotopic (exact) mass is 288 g/mol. The van der Waals surface area contributed by atoms with Gasteiger partial charge in [0.1, 0.15) is 0 Å². The summed E-state index contributed by atoms with van der Waals surface area (Å²) in [7, 11) is 1.78. The molecule has 0 bridgehead atoms. The van der Waals surface area contributed by atoms with Crippen LogP contribution in [0.25, 0.3) is 0 Å². The molecule has 3 nitrogen and oxygen atoms in total. The minimum atomic E-state index is -0.0162. The van der Waals surface area contributed by atoms with Crippen molar-refractivity contribution in [1.29, 1.82) is 0 Å². The fraction of sp³-hybridized carbons (Fsp3) is 0.188. The number of rotatable bonds is 3. The molecule has 2 N–H and O–H groups in total. The van der Waals surface area contributed by atoms with Crippen LogP contribution in [-0.2, 0) is 6.54 Å². The zero-order valence-corrected chi connectivity index (χ0v) is 12.3. The van der Waals surface area contributed by atoms with E-state index < -0.39 is 0 Å². The summed E-state index contributed by atoms with van der Waals surface area (Å²) >= 11 is 5.85. The van der Waals surface area contributed by atoms with E-state index in [1.165, 1.54) is 0 Å². The van der Waals surface area contributed by atoms with Crippen LogP contribution in [0.4, 0.5) is 5.69 Å². The van der Waals surface area contributed by atoms with E-state index >= 15 is 0 Å². The van der Waals surface area contributed by atoms with Crippen molar-refractivity contribution < 1.29 is 4.79 Å². The maximum absolute atomic E-state index is 12.4. The summed E-state index contributed by atoms with van der Waals surface area (Å²) in [6.45, 7) is 2.43. The van der Waals surface area contributed by atoms with Gasteiger partial charge in [-0.15, -0.1) is 0 Å². The van der Waals surface area contributed by atoms with Crippen molar-refractivity contribution in [2.45, 2.75) is 13.5 Å². The molecule has 20 heavy (non-hydrogen) atoms. The Labute approximate surface area is 124 Å². The number of anilines is 1. The molecule has 0 fully saturated rings. The summed E-state index contributed by atoms with van der Waals surface area (Å²) in [5.74, 6) is -0.0162. The highest BCUT2D eigenvalue weighted by Gasteiger charge is 2.14. The quantitative estimate of drug-likeness (QED) is 0.879. The number of hydrogen-bond acceptors (Lipinski definition) is 2. The molecule has 0 radical (unpaired) electrons. The van der Waals surface area contributed by atoms with E-state index in [0.29, 0.717) is 22.8 Å². The van der Waals surface area contributed by atoms with Crippen molar-refractivity contribution in [3.05, 3.63) is 64.2 Å². The number of nitrogens with zero attached hydrogens (tertiary/aromatic N) is 1. The molecule has 0 aliphatic heterocycles. The molecule has 0 spiro atoms. The summed E-state index contributed by atoms with van der Waals surface area (Å²) in [6, 6.07) is 12.8. The van der Waals surface area contributed by atoms with Crippen LogP contribution in [0.15, 0.2) is 42.5 Å². The van der Waals surface area contributed by atoms with E-state index in [0.717, 1.165) is 11.1 Å². The van der Waals surface area contributed by atoms with Crippen molar-refractivity contribution in [3.8, 4) is 0 Å². The number of aryl methyl sites for hydroxylation is 1. The molecule has 0 saturated carbocycles. The molecule has 2 aromatic rings. The number of amides is 1. The van der Waals surface area contributed by atoms with Crippen molar-refractivity contribution in [3.63, 3.8) is 0 Å². The molecule has 2 rings (SSSR count). The van der Waals surface area contributed by atoms with Crippen molar-refractivity contribution >= 4 is 23.2 Å². The van der Waals surface area contributed by atoms with E-state index in [9.17, 15) is 4.79 Å². The number of carbonyl (C=O) groups excluding carboxylic acids is 1. The maximum Gasteiger partial charge on any atom is 0.254 e. The zero-order chi connectivity index (χ0) is 14.7. The molecule has 0 aliphatic rings. The summed E-state index contributed by atoms with van der Waals surface area (Å²) in [4.78, 5) is 14.1. The van der Waals surface area contributed by atoms with Gasteiger partial charge in [-0.3, -0.25) is 4.79 Å². The van der Waals surface area contributed by atoms with Crippen LogP contribution >= 0.6 is 11.6 Å². The second kappa shape index (κ2) is 5.97. The van der Waals surface area contributed by atoms with Gasteiger partial charge in [0.2, 0.25) is 0 Å². The third-order valence-corrected chi connectivity index (χ3v) is 3.41. The Kier molecular flexibility index (Phi) is 4.30. The molecule has 2 aromatic carbocycles. The van der Waals surface area contributed by atoms with Gasteiger partial charge in [0, 0.05) is 29.9 Å². The third-order valence-electron chi connectivity index (χ3n) is 3.16. The fourth-order valence-corrected chi connectivity index (χ4v) is 2.19. The Morgan fingerprint density at radius 2 is 1.85 bits per heavy atom. The number of benzene rings is 2. The number of nitrogens with two attached hydrogens (primary N) is 1. The smallest absolute Gasteiger partial charge is 0.254 e. The molecule has 0 saturated heterocycles. The van der Waals surface area contributed by atoms with Crippen LogP contribution < -0.4 is 5.73 Å². The van der Waals surface area contributed by atoms with E-state index in [1.807, 2.05) is 37.3 Å². The predicted molar refractivity (Wildman–Crippen MR) is 82.8 cm³/mol. The largest absolute Gasteiger partial charge is 0.399 e. The van der Waals surface area contributed by atoms with Gasteiger partial charge in [0.05, 0.1) is 0 Å². The lowest BCUT2D eigenvalue weighted by Gasteiger charge is -2.18. The zero-order valence-electron chi connectivity index (χ0n) is 11.6. The average Bonchev–Trinajstić information content (AvgIpc) is 2.40. The lowest BCUT2D eigenvalue weighted by molar-refractivity contribution is 0.0784. The first kappa shape index (κ1) is 14.4. The van der Waals surface area contributed by atoms with E-state index in [4.69, 9.17) is 17.3 Å². The van der Waals surface area contributed by atoms with Crippen LogP contribution in [0.1, 0.15) is 21.5 Å². The lowest BCUT2D eigenvalue weighted by Crippen LogP contribution is -2.26. The van der Waals surface area contributed by atoms with Gasteiger partial charge in [-0.05, 0) is 48.4 Å². The highest BCUT2D eigenvalue weighted by atomic mass is 35.5. The fourth-order valence-electron chi connectivity index (χ4n) is 2.07. The normalized spacial score (nSPS) is 10.3. The van der Waals surface area contributed by atoms with Crippen LogP contribution in [0.5, 0.6) is 0 Å². The molecule has 0 atom stereocenters. The first-order valence-corrected chi connectivity index (χ1v) is 6.71. The average molecular weight is 289 g/mol. The van der Waals surface area contributed by atoms with Crippen molar-refractivity contribution in [2.24, 2.45) is 0 Å². The van der Waals surface area contributed by atoms with Crippen LogP contribution in [0.3, 0.4) is 0 Å². The Balaban J connectivity index is 2.14. The van der Waals surface area contributed by atoms with Gasteiger partial charge in [-0.2, -0.15) is 0 Å². The maximum atomic E-state index is 12.4. The lowest BCUT2D eigenvalue weighted by atomic mass is 10.1. The predicted octanol–water partition coefficient (Wildman–Crippen LogP) is 3.50. The van der Waals surface area contributed by atoms with Crippen LogP contribution in [0, 0.1) is 6.92 Å². The summed E-state index contributed by atoms with van der Waals surface area (Å²) in [6.07, 6.45) is 0. The minimum Gasteiger partial charge on any atom is -0.399 e. The number of halogens is 1. The molecule has 104 valence electrons. The minimum absolute atomic E-state index is 0.0162. The van der Waals surface area contributed by atoms with Crippen LogP contribution in [0.2, 0.25) is 5.02 Å². The molecule has 0 aromatic heterocycles. The molecule has 1 amide bonds. The first-order chi connectivity index (χ1) is 9.47. The second-order valence-electron chi connectivity index (χ2n) is 4.86. The van der Waals surface area contributed by atoms with Gasteiger partial charge >= 0.3 is 0 Å².